The van der Waals surface area contributed by atoms with Crippen molar-refractivity contribution in [2.24, 2.45) is 5.10 Å². The summed E-state index contributed by atoms with van der Waals surface area (Å²) in [6.45, 7) is 3.23. The van der Waals surface area contributed by atoms with Gasteiger partial charge in [0.05, 0.1) is 36.5 Å². The molecule has 0 bridgehead atoms. The number of benzene rings is 3. The van der Waals surface area contributed by atoms with Crippen molar-refractivity contribution in [1.82, 2.24) is 14.6 Å². The predicted molar refractivity (Wildman–Crippen MR) is 135 cm³/mol. The lowest BCUT2D eigenvalue weighted by molar-refractivity contribution is -0.112. The number of amides is 1. The average molecular weight is 466 g/mol. The maximum atomic E-state index is 13.7. The van der Waals surface area contributed by atoms with E-state index in [2.05, 4.69) is 10.0 Å². The van der Waals surface area contributed by atoms with Gasteiger partial charge in [-0.3, -0.25) is 19.4 Å². The van der Waals surface area contributed by atoms with Gasteiger partial charge in [-0.25, -0.2) is 4.98 Å². The zero-order valence-corrected chi connectivity index (χ0v) is 19.0. The van der Waals surface area contributed by atoms with Crippen molar-refractivity contribution in [3.8, 4) is 11.4 Å². The summed E-state index contributed by atoms with van der Waals surface area (Å²) in [5.41, 5.74) is 2.71. The zero-order valence-electron chi connectivity index (χ0n) is 19.0. The van der Waals surface area contributed by atoms with E-state index in [9.17, 15) is 9.59 Å². The van der Waals surface area contributed by atoms with Gasteiger partial charge >= 0.3 is 0 Å². The van der Waals surface area contributed by atoms with Crippen LogP contribution in [0.4, 0.5) is 5.69 Å². The van der Waals surface area contributed by atoms with Crippen LogP contribution < -0.4 is 10.5 Å². The minimum Gasteiger partial charge on any atom is -0.379 e. The topological polar surface area (TPSA) is 80.0 Å². The van der Waals surface area contributed by atoms with Crippen molar-refractivity contribution in [3.63, 3.8) is 0 Å². The zero-order chi connectivity index (χ0) is 23.8. The van der Waals surface area contributed by atoms with E-state index in [0.29, 0.717) is 42.2 Å². The van der Waals surface area contributed by atoms with Gasteiger partial charge in [0.25, 0.3) is 11.5 Å². The molecule has 0 saturated carbocycles. The first kappa shape index (κ1) is 21.4. The number of ether oxygens (including phenoxy) is 1. The Kier molecular flexibility index (Phi) is 5.44. The van der Waals surface area contributed by atoms with Gasteiger partial charge in [0, 0.05) is 24.2 Å². The van der Waals surface area contributed by atoms with Crippen LogP contribution in [-0.4, -0.2) is 59.2 Å². The van der Waals surface area contributed by atoms with E-state index in [1.165, 1.54) is 4.68 Å². The number of carbonyl (C=O) groups excluding carboxylic acids is 1. The minimum atomic E-state index is -0.320. The molecule has 1 saturated heterocycles. The molecule has 174 valence electrons. The monoisotopic (exact) mass is 465 g/mol. The Morgan fingerprint density at radius 1 is 0.857 bits per heavy atom. The second-order valence-corrected chi connectivity index (χ2v) is 8.51. The van der Waals surface area contributed by atoms with Crippen LogP contribution in [0.25, 0.3) is 22.3 Å². The SMILES string of the molecule is O=C1/C(=N/n2c(-c3ccccc3)nc3ccccc3c2=O)c2ccccc2N1CN1CCOCC1. The molecule has 0 aliphatic carbocycles. The van der Waals surface area contributed by atoms with Gasteiger partial charge in [0.2, 0.25) is 0 Å². The molecule has 1 amide bonds. The lowest BCUT2D eigenvalue weighted by atomic mass is 10.1. The van der Waals surface area contributed by atoms with Gasteiger partial charge in [-0.15, -0.1) is 0 Å². The maximum absolute atomic E-state index is 13.7. The first-order valence-corrected chi connectivity index (χ1v) is 11.6. The average Bonchev–Trinajstić information content (AvgIpc) is 3.17. The fourth-order valence-electron chi connectivity index (χ4n) is 4.53. The van der Waals surface area contributed by atoms with E-state index in [1.54, 1.807) is 23.1 Å². The maximum Gasteiger partial charge on any atom is 0.282 e. The summed E-state index contributed by atoms with van der Waals surface area (Å²) < 4.78 is 6.71. The Morgan fingerprint density at radius 2 is 1.57 bits per heavy atom. The molecular formula is C27H23N5O3. The van der Waals surface area contributed by atoms with Crippen LogP contribution in [0.5, 0.6) is 0 Å². The predicted octanol–water partition coefficient (Wildman–Crippen LogP) is 2.95. The molecule has 1 aromatic heterocycles. The Hall–Kier alpha value is -4.14. The summed E-state index contributed by atoms with van der Waals surface area (Å²) >= 11 is 0. The third kappa shape index (κ3) is 3.82. The van der Waals surface area contributed by atoms with Crippen molar-refractivity contribution < 1.29 is 9.53 Å². The van der Waals surface area contributed by atoms with Crippen LogP contribution in [0.1, 0.15) is 5.56 Å². The smallest absolute Gasteiger partial charge is 0.282 e. The number of fused-ring (bicyclic) bond motifs is 2. The highest BCUT2D eigenvalue weighted by Gasteiger charge is 2.35. The highest BCUT2D eigenvalue weighted by atomic mass is 16.5. The van der Waals surface area contributed by atoms with Gasteiger partial charge in [-0.1, -0.05) is 60.7 Å². The van der Waals surface area contributed by atoms with E-state index >= 15 is 0 Å². The summed E-state index contributed by atoms with van der Waals surface area (Å²) in [5.74, 6) is 0.149. The molecule has 0 atom stereocenters. The van der Waals surface area contributed by atoms with Crippen LogP contribution in [-0.2, 0) is 9.53 Å². The van der Waals surface area contributed by atoms with Crippen LogP contribution in [0, 0.1) is 0 Å². The Morgan fingerprint density at radius 3 is 2.40 bits per heavy atom. The summed E-state index contributed by atoms with van der Waals surface area (Å²) in [6, 6.07) is 24.2. The molecular weight excluding hydrogens is 442 g/mol. The van der Waals surface area contributed by atoms with Crippen molar-refractivity contribution in [1.29, 1.82) is 0 Å². The van der Waals surface area contributed by atoms with E-state index in [-0.39, 0.29) is 17.2 Å². The van der Waals surface area contributed by atoms with Gasteiger partial charge < -0.3 is 4.74 Å². The normalized spacial score (nSPS) is 17.3. The van der Waals surface area contributed by atoms with Crippen molar-refractivity contribution >= 4 is 28.2 Å². The van der Waals surface area contributed by atoms with Gasteiger partial charge in [0.15, 0.2) is 11.5 Å². The first-order chi connectivity index (χ1) is 17.2. The third-order valence-corrected chi connectivity index (χ3v) is 6.33. The second kappa shape index (κ2) is 8.90. The molecule has 3 aromatic carbocycles. The summed E-state index contributed by atoms with van der Waals surface area (Å²) in [4.78, 5) is 35.9. The summed E-state index contributed by atoms with van der Waals surface area (Å²) in [6.07, 6.45) is 0. The number of morpholine rings is 1. The molecule has 0 unspecified atom stereocenters. The van der Waals surface area contributed by atoms with Crippen LogP contribution in [0.2, 0.25) is 0 Å². The fourth-order valence-corrected chi connectivity index (χ4v) is 4.53. The Bertz CT molecular complexity index is 1510. The lowest BCUT2D eigenvalue weighted by Crippen LogP contribution is -2.46. The molecule has 6 rings (SSSR count). The van der Waals surface area contributed by atoms with Crippen molar-refractivity contribution in [2.75, 3.05) is 37.9 Å². The van der Waals surface area contributed by atoms with Crippen molar-refractivity contribution in [3.05, 3.63) is 94.8 Å². The number of aromatic nitrogens is 2. The molecule has 2 aliphatic rings. The number of nitrogens with zero attached hydrogens (tertiary/aromatic N) is 5. The highest BCUT2D eigenvalue weighted by molar-refractivity contribution is 6.54. The number of para-hydroxylation sites is 2. The molecule has 0 radical (unpaired) electrons. The number of hydrogen-bond donors (Lipinski definition) is 0. The molecule has 0 N–H and O–H groups in total. The van der Waals surface area contributed by atoms with Crippen LogP contribution >= 0.6 is 0 Å². The number of carbonyl (C=O) groups is 1. The van der Waals surface area contributed by atoms with Crippen molar-refractivity contribution in [2.45, 2.75) is 0 Å². The van der Waals surface area contributed by atoms with Gasteiger partial charge in [-0.2, -0.15) is 9.78 Å². The fraction of sp³-hybridized carbons (Fsp3) is 0.185. The third-order valence-electron chi connectivity index (χ3n) is 6.33. The molecule has 8 nitrogen and oxygen atoms in total. The second-order valence-electron chi connectivity index (χ2n) is 8.51. The quantitative estimate of drug-likeness (QED) is 0.463. The number of hydrogen-bond acceptors (Lipinski definition) is 6. The van der Waals surface area contributed by atoms with E-state index in [0.717, 1.165) is 24.3 Å². The molecule has 0 spiro atoms. The van der Waals surface area contributed by atoms with Crippen LogP contribution in [0.15, 0.2) is 88.8 Å². The molecule has 4 aromatic rings. The number of anilines is 1. The molecule has 3 heterocycles. The molecule has 8 heteroatoms. The lowest BCUT2D eigenvalue weighted by Gasteiger charge is -2.30. The highest BCUT2D eigenvalue weighted by Crippen LogP contribution is 2.30. The Labute approximate surface area is 201 Å². The first-order valence-electron chi connectivity index (χ1n) is 11.6. The van der Waals surface area contributed by atoms with Gasteiger partial charge in [-0.05, 0) is 18.2 Å². The standard InChI is InChI=1S/C27H23N5O3/c33-26-20-10-4-6-12-22(20)28-25(19-8-2-1-3-9-19)32(26)29-24-21-11-5-7-13-23(21)31(27(24)34)18-30-14-16-35-17-15-30/h1-13H,14-18H2/b29-24+. The minimum absolute atomic E-state index is 0.227. The Balaban J connectivity index is 1.52. The molecule has 2 aliphatic heterocycles. The van der Waals surface area contributed by atoms with Gasteiger partial charge in [0.1, 0.15) is 0 Å². The van der Waals surface area contributed by atoms with E-state index in [4.69, 9.17) is 9.72 Å². The number of rotatable bonds is 4. The molecule has 1 fully saturated rings. The van der Waals surface area contributed by atoms with E-state index < -0.39 is 0 Å². The van der Waals surface area contributed by atoms with Crippen LogP contribution in [0.3, 0.4) is 0 Å². The molecule has 35 heavy (non-hydrogen) atoms. The summed E-state index contributed by atoms with van der Waals surface area (Å²) in [7, 11) is 0. The largest absolute Gasteiger partial charge is 0.379 e. The summed E-state index contributed by atoms with van der Waals surface area (Å²) in [5, 5.41) is 5.12. The van der Waals surface area contributed by atoms with E-state index in [1.807, 2.05) is 60.7 Å².